The van der Waals surface area contributed by atoms with Gasteiger partial charge in [0.15, 0.2) is 0 Å². The fraction of sp³-hybridized carbons (Fsp3) is 0.474. The Balaban J connectivity index is 1.66. The maximum Gasteiger partial charge on any atom is 0.134 e. The molecule has 6 heteroatoms. The van der Waals surface area contributed by atoms with E-state index in [1.807, 2.05) is 25.1 Å². The van der Waals surface area contributed by atoms with E-state index in [0.717, 1.165) is 55.2 Å². The van der Waals surface area contributed by atoms with E-state index in [4.69, 9.17) is 11.6 Å². The number of hydrogen-bond donors (Lipinski definition) is 1. The predicted octanol–water partition coefficient (Wildman–Crippen LogP) is 3.83. The van der Waals surface area contributed by atoms with Crippen molar-refractivity contribution in [2.75, 3.05) is 47.8 Å². The molecule has 0 bridgehead atoms. The molecule has 1 aliphatic heterocycles. The lowest BCUT2D eigenvalue weighted by Gasteiger charge is -2.37. The lowest BCUT2D eigenvalue weighted by atomic mass is 10.2. The van der Waals surface area contributed by atoms with Crippen LogP contribution in [0.15, 0.2) is 30.3 Å². The van der Waals surface area contributed by atoms with Gasteiger partial charge in [0.2, 0.25) is 0 Å². The first kappa shape index (κ1) is 17.8. The Morgan fingerprint density at radius 2 is 1.80 bits per heavy atom. The van der Waals surface area contributed by atoms with E-state index in [0.29, 0.717) is 5.92 Å². The number of hydrogen-bond acceptors (Lipinski definition) is 5. The molecule has 0 radical (unpaired) electrons. The smallest absolute Gasteiger partial charge is 0.134 e. The molecule has 1 aromatic heterocycles. The first-order valence-electron chi connectivity index (χ1n) is 8.86. The van der Waals surface area contributed by atoms with Crippen molar-refractivity contribution in [3.05, 3.63) is 41.2 Å². The van der Waals surface area contributed by atoms with Crippen molar-refractivity contribution < 1.29 is 0 Å². The van der Waals surface area contributed by atoms with Gasteiger partial charge in [-0.25, -0.2) is 9.97 Å². The summed E-state index contributed by atoms with van der Waals surface area (Å²) in [4.78, 5) is 13.8. The Kier molecular flexibility index (Phi) is 5.63. The Hall–Kier alpha value is -2.01. The first-order valence-corrected chi connectivity index (χ1v) is 9.24. The zero-order valence-corrected chi connectivity index (χ0v) is 15.9. The molecule has 0 spiro atoms. The van der Waals surface area contributed by atoms with E-state index in [9.17, 15) is 0 Å². The van der Waals surface area contributed by atoms with Crippen LogP contribution in [0.5, 0.6) is 0 Å². The van der Waals surface area contributed by atoms with Crippen LogP contribution in [0.3, 0.4) is 0 Å². The summed E-state index contributed by atoms with van der Waals surface area (Å²) in [5.74, 6) is 3.30. The van der Waals surface area contributed by atoms with Gasteiger partial charge in [-0.15, -0.1) is 0 Å². The van der Waals surface area contributed by atoms with E-state index in [1.54, 1.807) is 0 Å². The van der Waals surface area contributed by atoms with Crippen LogP contribution in [0.25, 0.3) is 0 Å². The molecule has 1 saturated heterocycles. The van der Waals surface area contributed by atoms with Crippen LogP contribution < -0.4 is 15.1 Å². The third-order valence-corrected chi connectivity index (χ3v) is 4.53. The van der Waals surface area contributed by atoms with E-state index >= 15 is 0 Å². The summed E-state index contributed by atoms with van der Waals surface area (Å²) < 4.78 is 0. The Bertz CT molecular complexity index is 711. The molecule has 25 heavy (non-hydrogen) atoms. The van der Waals surface area contributed by atoms with Gasteiger partial charge in [0.25, 0.3) is 0 Å². The quantitative estimate of drug-likeness (QED) is 0.878. The summed E-state index contributed by atoms with van der Waals surface area (Å²) in [6.07, 6.45) is 0. The van der Waals surface area contributed by atoms with Gasteiger partial charge >= 0.3 is 0 Å². The van der Waals surface area contributed by atoms with Crippen LogP contribution in [0, 0.1) is 12.8 Å². The van der Waals surface area contributed by atoms with Crippen molar-refractivity contribution in [3.63, 3.8) is 0 Å². The highest BCUT2D eigenvalue weighted by Crippen LogP contribution is 2.23. The number of nitrogens with zero attached hydrogens (tertiary/aromatic N) is 4. The summed E-state index contributed by atoms with van der Waals surface area (Å²) in [6.45, 7) is 11.0. The number of benzene rings is 1. The van der Waals surface area contributed by atoms with Crippen LogP contribution in [0.1, 0.15) is 19.7 Å². The molecule has 3 rings (SSSR count). The molecule has 134 valence electrons. The highest BCUT2D eigenvalue weighted by Gasteiger charge is 2.19. The minimum atomic E-state index is 0.583. The fourth-order valence-corrected chi connectivity index (χ4v) is 3.16. The molecule has 1 fully saturated rings. The van der Waals surface area contributed by atoms with Crippen LogP contribution in [0.4, 0.5) is 17.3 Å². The third-order valence-electron chi connectivity index (χ3n) is 4.29. The van der Waals surface area contributed by atoms with E-state index in [-0.39, 0.29) is 0 Å². The maximum absolute atomic E-state index is 6.11. The third kappa shape index (κ3) is 4.75. The minimum absolute atomic E-state index is 0.583. The number of rotatable bonds is 5. The van der Waals surface area contributed by atoms with Gasteiger partial charge in [0, 0.05) is 49.5 Å². The lowest BCUT2D eigenvalue weighted by molar-refractivity contribution is 0.645. The van der Waals surface area contributed by atoms with Gasteiger partial charge in [-0.3, -0.25) is 0 Å². The summed E-state index contributed by atoms with van der Waals surface area (Å²) >= 11 is 6.11. The molecule has 2 heterocycles. The van der Waals surface area contributed by atoms with E-state index < -0.39 is 0 Å². The van der Waals surface area contributed by atoms with Gasteiger partial charge in [0.1, 0.15) is 17.5 Å². The minimum Gasteiger partial charge on any atom is -0.370 e. The molecule has 0 aliphatic carbocycles. The summed E-state index contributed by atoms with van der Waals surface area (Å²) in [5.41, 5.74) is 1.19. The predicted molar refractivity (Wildman–Crippen MR) is 106 cm³/mol. The molecule has 0 saturated carbocycles. The van der Waals surface area contributed by atoms with Gasteiger partial charge in [-0.2, -0.15) is 0 Å². The number of nitrogens with one attached hydrogen (secondary N) is 1. The first-order chi connectivity index (χ1) is 12.0. The van der Waals surface area contributed by atoms with Crippen molar-refractivity contribution in [2.24, 2.45) is 5.92 Å². The Morgan fingerprint density at radius 1 is 1.08 bits per heavy atom. The number of piperazine rings is 1. The van der Waals surface area contributed by atoms with Crippen molar-refractivity contribution in [1.29, 1.82) is 0 Å². The largest absolute Gasteiger partial charge is 0.370 e. The lowest BCUT2D eigenvalue weighted by Crippen LogP contribution is -2.47. The average Bonchev–Trinajstić information content (AvgIpc) is 2.60. The van der Waals surface area contributed by atoms with Crippen LogP contribution in [0.2, 0.25) is 5.02 Å². The molecule has 2 aromatic rings. The van der Waals surface area contributed by atoms with Gasteiger partial charge in [-0.05, 0) is 31.0 Å². The molecule has 0 unspecified atom stereocenters. The van der Waals surface area contributed by atoms with Crippen molar-refractivity contribution in [2.45, 2.75) is 20.8 Å². The standard InChI is InChI=1S/C19H26ClN5/c1-14(2)13-21-18-12-19(23-15(3)22-18)25-9-7-24(8-10-25)17-6-4-5-16(20)11-17/h4-6,11-12,14H,7-10,13H2,1-3H3,(H,21,22,23). The Morgan fingerprint density at radius 3 is 2.48 bits per heavy atom. The van der Waals surface area contributed by atoms with Gasteiger partial charge in [-0.1, -0.05) is 31.5 Å². The second-order valence-electron chi connectivity index (χ2n) is 6.89. The number of anilines is 3. The van der Waals surface area contributed by atoms with Gasteiger partial charge < -0.3 is 15.1 Å². The summed E-state index contributed by atoms with van der Waals surface area (Å²) in [7, 11) is 0. The number of halogens is 1. The highest BCUT2D eigenvalue weighted by molar-refractivity contribution is 6.30. The van der Waals surface area contributed by atoms with Crippen LogP contribution in [-0.4, -0.2) is 42.7 Å². The zero-order chi connectivity index (χ0) is 17.8. The van der Waals surface area contributed by atoms with Crippen LogP contribution >= 0.6 is 11.6 Å². The number of aryl methyl sites for hydroxylation is 1. The van der Waals surface area contributed by atoms with Crippen molar-refractivity contribution in [3.8, 4) is 0 Å². The average molecular weight is 360 g/mol. The highest BCUT2D eigenvalue weighted by atomic mass is 35.5. The SMILES string of the molecule is Cc1nc(NCC(C)C)cc(N2CCN(c3cccc(Cl)c3)CC2)n1. The second-order valence-corrected chi connectivity index (χ2v) is 7.32. The fourth-order valence-electron chi connectivity index (χ4n) is 2.98. The number of aromatic nitrogens is 2. The monoisotopic (exact) mass is 359 g/mol. The maximum atomic E-state index is 6.11. The molecule has 0 amide bonds. The molecular formula is C19H26ClN5. The molecule has 1 N–H and O–H groups in total. The molecule has 5 nitrogen and oxygen atoms in total. The molecule has 1 aromatic carbocycles. The van der Waals surface area contributed by atoms with E-state index in [1.165, 1.54) is 5.69 Å². The van der Waals surface area contributed by atoms with Crippen molar-refractivity contribution >= 4 is 28.9 Å². The molecule has 0 atom stereocenters. The zero-order valence-electron chi connectivity index (χ0n) is 15.2. The Labute approximate surface area is 155 Å². The van der Waals surface area contributed by atoms with Gasteiger partial charge in [0.05, 0.1) is 0 Å². The molecule has 1 aliphatic rings. The normalized spacial score (nSPS) is 14.9. The summed E-state index contributed by atoms with van der Waals surface area (Å²) in [6, 6.07) is 10.1. The molecular weight excluding hydrogens is 334 g/mol. The van der Waals surface area contributed by atoms with Crippen molar-refractivity contribution in [1.82, 2.24) is 9.97 Å². The van der Waals surface area contributed by atoms with E-state index in [2.05, 4.69) is 51.1 Å². The summed E-state index contributed by atoms with van der Waals surface area (Å²) in [5, 5.41) is 4.19. The second kappa shape index (κ2) is 7.91. The van der Waals surface area contributed by atoms with Crippen LogP contribution in [-0.2, 0) is 0 Å². The topological polar surface area (TPSA) is 44.3 Å².